The Balaban J connectivity index is 3.22. The van der Waals surface area contributed by atoms with E-state index in [1.54, 1.807) is 6.92 Å². The highest BCUT2D eigenvalue weighted by Gasteiger charge is 2.01. The van der Waals surface area contributed by atoms with E-state index >= 15 is 0 Å². The SMILES string of the molecule is CC(=O)NC(C)CCCCN. The van der Waals surface area contributed by atoms with Gasteiger partial charge >= 0.3 is 0 Å². The van der Waals surface area contributed by atoms with Gasteiger partial charge in [-0.3, -0.25) is 4.79 Å². The number of carbonyl (C=O) groups excluding carboxylic acids is 1. The zero-order chi connectivity index (χ0) is 8.69. The van der Waals surface area contributed by atoms with Crippen molar-refractivity contribution < 1.29 is 4.79 Å². The van der Waals surface area contributed by atoms with Crippen LogP contribution in [0.4, 0.5) is 0 Å². The molecule has 1 amide bonds. The first-order chi connectivity index (χ1) is 5.16. The Labute approximate surface area is 68.3 Å². The van der Waals surface area contributed by atoms with Crippen molar-refractivity contribution in [3.05, 3.63) is 0 Å². The second-order valence-electron chi connectivity index (χ2n) is 2.89. The van der Waals surface area contributed by atoms with Crippen LogP contribution in [0.2, 0.25) is 0 Å². The molecule has 0 heterocycles. The number of nitrogens with two attached hydrogens (primary N) is 1. The number of carbonyl (C=O) groups is 1. The molecule has 0 aliphatic carbocycles. The van der Waals surface area contributed by atoms with Crippen LogP contribution in [0.25, 0.3) is 0 Å². The quantitative estimate of drug-likeness (QED) is 0.577. The Bertz CT molecular complexity index is 115. The molecule has 0 aromatic rings. The molecule has 0 aromatic heterocycles. The molecule has 0 aromatic carbocycles. The van der Waals surface area contributed by atoms with E-state index in [0.717, 1.165) is 25.8 Å². The highest BCUT2D eigenvalue weighted by molar-refractivity contribution is 5.73. The molecule has 66 valence electrons. The number of unbranched alkanes of at least 4 members (excludes halogenated alkanes) is 1. The van der Waals surface area contributed by atoms with Crippen LogP contribution in [0.15, 0.2) is 0 Å². The van der Waals surface area contributed by atoms with Crippen molar-refractivity contribution in [2.75, 3.05) is 6.54 Å². The molecule has 0 aliphatic rings. The van der Waals surface area contributed by atoms with Gasteiger partial charge in [0.1, 0.15) is 0 Å². The summed E-state index contributed by atoms with van der Waals surface area (Å²) in [6, 6.07) is 0.291. The van der Waals surface area contributed by atoms with Gasteiger partial charge in [0.25, 0.3) is 0 Å². The van der Waals surface area contributed by atoms with Gasteiger partial charge in [-0.05, 0) is 26.3 Å². The standard InChI is InChI=1S/C8H18N2O/c1-7(10-8(2)11)5-3-4-6-9/h7H,3-6,9H2,1-2H3,(H,10,11). The molecule has 0 radical (unpaired) electrons. The lowest BCUT2D eigenvalue weighted by Gasteiger charge is -2.10. The molecule has 11 heavy (non-hydrogen) atoms. The fraction of sp³-hybridized carbons (Fsp3) is 0.875. The van der Waals surface area contributed by atoms with Gasteiger partial charge in [-0.15, -0.1) is 0 Å². The minimum absolute atomic E-state index is 0.0465. The Morgan fingerprint density at radius 2 is 2.18 bits per heavy atom. The minimum atomic E-state index is 0.0465. The Morgan fingerprint density at radius 3 is 2.64 bits per heavy atom. The van der Waals surface area contributed by atoms with Crippen LogP contribution in [0.5, 0.6) is 0 Å². The summed E-state index contributed by atoms with van der Waals surface area (Å²) in [5.74, 6) is 0.0465. The zero-order valence-corrected chi connectivity index (χ0v) is 7.39. The fourth-order valence-electron chi connectivity index (χ4n) is 1.01. The molecule has 0 spiro atoms. The molecule has 0 bridgehead atoms. The first-order valence-corrected chi connectivity index (χ1v) is 4.14. The summed E-state index contributed by atoms with van der Waals surface area (Å²) in [6.45, 7) is 4.30. The molecule has 3 heteroatoms. The molecular formula is C8H18N2O. The van der Waals surface area contributed by atoms with Gasteiger partial charge < -0.3 is 11.1 Å². The first-order valence-electron chi connectivity index (χ1n) is 4.14. The maximum Gasteiger partial charge on any atom is 0.217 e. The lowest BCUT2D eigenvalue weighted by molar-refractivity contribution is -0.119. The van der Waals surface area contributed by atoms with Gasteiger partial charge in [0.15, 0.2) is 0 Å². The smallest absolute Gasteiger partial charge is 0.217 e. The average Bonchev–Trinajstić information content (AvgIpc) is 1.86. The second-order valence-corrected chi connectivity index (χ2v) is 2.89. The van der Waals surface area contributed by atoms with Crippen molar-refractivity contribution in [2.45, 2.75) is 39.2 Å². The molecule has 3 nitrogen and oxygen atoms in total. The van der Waals surface area contributed by atoms with Crippen molar-refractivity contribution in [1.29, 1.82) is 0 Å². The van der Waals surface area contributed by atoms with E-state index in [9.17, 15) is 4.79 Å². The molecular weight excluding hydrogens is 140 g/mol. The van der Waals surface area contributed by atoms with Gasteiger partial charge in [0, 0.05) is 13.0 Å². The molecule has 0 saturated heterocycles. The van der Waals surface area contributed by atoms with Crippen LogP contribution in [-0.2, 0) is 4.79 Å². The second kappa shape index (κ2) is 6.16. The number of hydrogen-bond acceptors (Lipinski definition) is 2. The first kappa shape index (κ1) is 10.4. The molecule has 0 saturated carbocycles. The van der Waals surface area contributed by atoms with Gasteiger partial charge in [0.05, 0.1) is 0 Å². The summed E-state index contributed by atoms with van der Waals surface area (Å²) in [6.07, 6.45) is 3.17. The predicted octanol–water partition coefficient (Wildman–Crippen LogP) is 0.640. The lowest BCUT2D eigenvalue weighted by Crippen LogP contribution is -2.30. The predicted molar refractivity (Wildman–Crippen MR) is 46.2 cm³/mol. The summed E-state index contributed by atoms with van der Waals surface area (Å²) < 4.78 is 0. The van der Waals surface area contributed by atoms with Crippen LogP contribution in [0, 0.1) is 0 Å². The minimum Gasteiger partial charge on any atom is -0.354 e. The van der Waals surface area contributed by atoms with Crippen molar-refractivity contribution in [3.8, 4) is 0 Å². The van der Waals surface area contributed by atoms with Crippen molar-refractivity contribution in [1.82, 2.24) is 5.32 Å². The normalized spacial score (nSPS) is 12.6. The molecule has 1 unspecified atom stereocenters. The van der Waals surface area contributed by atoms with Crippen molar-refractivity contribution in [2.24, 2.45) is 5.73 Å². The molecule has 0 rings (SSSR count). The van der Waals surface area contributed by atoms with E-state index in [1.165, 1.54) is 0 Å². The molecule has 1 atom stereocenters. The summed E-state index contributed by atoms with van der Waals surface area (Å²) >= 11 is 0. The monoisotopic (exact) mass is 158 g/mol. The van der Waals surface area contributed by atoms with Gasteiger partial charge in [-0.2, -0.15) is 0 Å². The van der Waals surface area contributed by atoms with Crippen molar-refractivity contribution >= 4 is 5.91 Å². The van der Waals surface area contributed by atoms with Gasteiger partial charge in [-0.1, -0.05) is 6.42 Å². The summed E-state index contributed by atoms with van der Waals surface area (Å²) in [5, 5.41) is 2.82. The lowest BCUT2D eigenvalue weighted by atomic mass is 10.1. The third kappa shape index (κ3) is 7.33. The topological polar surface area (TPSA) is 55.1 Å². The number of rotatable bonds is 5. The summed E-state index contributed by atoms with van der Waals surface area (Å²) in [4.78, 5) is 10.6. The average molecular weight is 158 g/mol. The van der Waals surface area contributed by atoms with Crippen LogP contribution in [0.3, 0.4) is 0 Å². The number of nitrogens with one attached hydrogen (secondary N) is 1. The number of amides is 1. The van der Waals surface area contributed by atoms with E-state index in [2.05, 4.69) is 5.32 Å². The third-order valence-electron chi connectivity index (χ3n) is 1.54. The van der Waals surface area contributed by atoms with Gasteiger partial charge in [-0.25, -0.2) is 0 Å². The van der Waals surface area contributed by atoms with E-state index in [0.29, 0.717) is 6.04 Å². The maximum absolute atomic E-state index is 10.6. The van der Waals surface area contributed by atoms with E-state index < -0.39 is 0 Å². The Kier molecular flexibility index (Phi) is 5.84. The Morgan fingerprint density at radius 1 is 1.55 bits per heavy atom. The Hall–Kier alpha value is -0.570. The largest absolute Gasteiger partial charge is 0.354 e. The zero-order valence-electron chi connectivity index (χ0n) is 7.39. The highest BCUT2D eigenvalue weighted by atomic mass is 16.1. The number of hydrogen-bond donors (Lipinski definition) is 2. The summed E-state index contributed by atoms with van der Waals surface area (Å²) in [5.41, 5.74) is 5.33. The highest BCUT2D eigenvalue weighted by Crippen LogP contribution is 1.98. The summed E-state index contributed by atoms with van der Waals surface area (Å²) in [7, 11) is 0. The van der Waals surface area contributed by atoms with Crippen LogP contribution in [-0.4, -0.2) is 18.5 Å². The van der Waals surface area contributed by atoms with E-state index in [1.807, 2.05) is 6.92 Å². The fourth-order valence-corrected chi connectivity index (χ4v) is 1.01. The van der Waals surface area contributed by atoms with Crippen LogP contribution >= 0.6 is 0 Å². The maximum atomic E-state index is 10.6. The van der Waals surface area contributed by atoms with E-state index in [4.69, 9.17) is 5.73 Å². The van der Waals surface area contributed by atoms with Gasteiger partial charge in [0.2, 0.25) is 5.91 Å². The van der Waals surface area contributed by atoms with Crippen LogP contribution in [0.1, 0.15) is 33.1 Å². The van der Waals surface area contributed by atoms with E-state index in [-0.39, 0.29) is 5.91 Å². The van der Waals surface area contributed by atoms with Crippen molar-refractivity contribution in [3.63, 3.8) is 0 Å². The van der Waals surface area contributed by atoms with Crippen LogP contribution < -0.4 is 11.1 Å². The molecule has 0 fully saturated rings. The third-order valence-corrected chi connectivity index (χ3v) is 1.54. The molecule has 0 aliphatic heterocycles. The molecule has 3 N–H and O–H groups in total.